The Morgan fingerprint density at radius 1 is 1.47 bits per heavy atom. The van der Waals surface area contributed by atoms with Gasteiger partial charge in [-0.1, -0.05) is 6.92 Å². The number of hydrogen-bond donors (Lipinski definition) is 1. The van der Waals surface area contributed by atoms with Crippen molar-refractivity contribution < 1.29 is 4.79 Å². The molecule has 1 N–H and O–H groups in total. The van der Waals surface area contributed by atoms with Gasteiger partial charge in [-0.25, -0.2) is 0 Å². The molecule has 2 heterocycles. The van der Waals surface area contributed by atoms with E-state index in [1.54, 1.807) is 17.3 Å². The Balaban J connectivity index is 2.09. The maximum Gasteiger partial charge on any atom is 0.244 e. The second-order valence-corrected chi connectivity index (χ2v) is 4.65. The molecule has 0 radical (unpaired) electrons. The normalized spacial score (nSPS) is 24.4. The lowest BCUT2D eigenvalue weighted by Crippen LogP contribution is -2.51. The second-order valence-electron chi connectivity index (χ2n) is 4.65. The molecule has 0 saturated carbocycles. The molecular formula is C13H19N3O. The van der Waals surface area contributed by atoms with Crippen LogP contribution < -0.4 is 10.2 Å². The molecule has 1 aliphatic heterocycles. The van der Waals surface area contributed by atoms with Crippen LogP contribution in [0.25, 0.3) is 0 Å². The van der Waals surface area contributed by atoms with E-state index in [4.69, 9.17) is 0 Å². The van der Waals surface area contributed by atoms with E-state index in [-0.39, 0.29) is 11.9 Å². The number of carbonyl (C=O) groups excluding carboxylic acids is 1. The molecule has 4 heteroatoms. The molecule has 0 spiro atoms. The monoisotopic (exact) mass is 233 g/mol. The largest absolute Gasteiger partial charge is 0.314 e. The van der Waals surface area contributed by atoms with Gasteiger partial charge in [0.25, 0.3) is 0 Å². The minimum absolute atomic E-state index is 0.0538. The Morgan fingerprint density at radius 2 is 2.18 bits per heavy atom. The smallest absolute Gasteiger partial charge is 0.244 e. The average molecular weight is 233 g/mol. The zero-order chi connectivity index (χ0) is 12.3. The third-order valence-corrected chi connectivity index (χ3v) is 3.42. The van der Waals surface area contributed by atoms with E-state index in [1.165, 1.54) is 0 Å². The highest BCUT2D eigenvalue weighted by molar-refractivity contribution is 5.96. The highest BCUT2D eigenvalue weighted by Crippen LogP contribution is 2.19. The molecule has 17 heavy (non-hydrogen) atoms. The topological polar surface area (TPSA) is 45.2 Å². The highest BCUT2D eigenvalue weighted by Gasteiger charge is 2.29. The molecule has 1 aromatic heterocycles. The fraction of sp³-hybridized carbons (Fsp3) is 0.538. The van der Waals surface area contributed by atoms with Crippen LogP contribution in [0.2, 0.25) is 0 Å². The number of likely N-dealkylation sites (N-methyl/N-ethyl adjacent to an activating group) is 1. The van der Waals surface area contributed by atoms with Crippen LogP contribution in [0.3, 0.4) is 0 Å². The van der Waals surface area contributed by atoms with Crippen molar-refractivity contribution >= 4 is 11.6 Å². The third kappa shape index (κ3) is 2.64. The fourth-order valence-corrected chi connectivity index (χ4v) is 2.28. The van der Waals surface area contributed by atoms with Crippen molar-refractivity contribution in [2.24, 2.45) is 5.92 Å². The van der Waals surface area contributed by atoms with Crippen molar-refractivity contribution in [1.29, 1.82) is 0 Å². The van der Waals surface area contributed by atoms with E-state index in [0.29, 0.717) is 5.92 Å². The summed E-state index contributed by atoms with van der Waals surface area (Å²) in [5, 5.41) is 3.31. The maximum absolute atomic E-state index is 12.4. The number of nitrogens with one attached hydrogen (secondary N) is 1. The summed E-state index contributed by atoms with van der Waals surface area (Å²) in [6, 6.07) is 3.65. The minimum atomic E-state index is -0.0538. The van der Waals surface area contributed by atoms with E-state index in [2.05, 4.69) is 17.2 Å². The molecule has 0 aliphatic carbocycles. The predicted molar refractivity (Wildman–Crippen MR) is 67.8 cm³/mol. The Hall–Kier alpha value is -1.42. The van der Waals surface area contributed by atoms with Crippen LogP contribution in [0.1, 0.15) is 19.8 Å². The van der Waals surface area contributed by atoms with E-state index < -0.39 is 0 Å². The third-order valence-electron chi connectivity index (χ3n) is 3.42. The summed E-state index contributed by atoms with van der Waals surface area (Å²) < 4.78 is 0. The van der Waals surface area contributed by atoms with Gasteiger partial charge in [0.05, 0.1) is 6.04 Å². The van der Waals surface area contributed by atoms with E-state index in [1.807, 2.05) is 19.2 Å². The molecule has 1 fully saturated rings. The van der Waals surface area contributed by atoms with Crippen LogP contribution in [0.4, 0.5) is 5.69 Å². The van der Waals surface area contributed by atoms with Crippen LogP contribution in [0.5, 0.6) is 0 Å². The van der Waals surface area contributed by atoms with Crippen LogP contribution in [0, 0.1) is 5.92 Å². The number of hydrogen-bond acceptors (Lipinski definition) is 3. The van der Waals surface area contributed by atoms with Crippen molar-refractivity contribution in [3.05, 3.63) is 24.5 Å². The Morgan fingerprint density at radius 3 is 2.82 bits per heavy atom. The summed E-state index contributed by atoms with van der Waals surface area (Å²) in [5.74, 6) is 0.545. The van der Waals surface area contributed by atoms with E-state index >= 15 is 0 Å². The molecule has 0 bridgehead atoms. The second kappa shape index (κ2) is 5.27. The molecule has 2 rings (SSSR count). The number of nitrogens with zero attached hydrogens (tertiary/aromatic N) is 2. The fourth-order valence-electron chi connectivity index (χ4n) is 2.28. The number of piperidine rings is 1. The zero-order valence-electron chi connectivity index (χ0n) is 10.4. The van der Waals surface area contributed by atoms with Gasteiger partial charge >= 0.3 is 0 Å². The van der Waals surface area contributed by atoms with Gasteiger partial charge in [-0.3, -0.25) is 9.78 Å². The van der Waals surface area contributed by atoms with Crippen LogP contribution >= 0.6 is 0 Å². The number of amides is 1. The van der Waals surface area contributed by atoms with Crippen molar-refractivity contribution in [1.82, 2.24) is 10.3 Å². The Kier molecular flexibility index (Phi) is 3.74. The molecule has 2 unspecified atom stereocenters. The Bertz CT molecular complexity index is 380. The van der Waals surface area contributed by atoms with Crippen LogP contribution in [-0.2, 0) is 4.79 Å². The summed E-state index contributed by atoms with van der Waals surface area (Å²) in [6.07, 6.45) is 5.69. The SMILES string of the molecule is CC1CCCNC1C(=O)N(C)c1ccncc1. The van der Waals surface area contributed by atoms with E-state index in [0.717, 1.165) is 25.1 Å². The number of rotatable bonds is 2. The van der Waals surface area contributed by atoms with Gasteiger partial charge in [0.15, 0.2) is 0 Å². The number of carbonyl (C=O) groups is 1. The molecule has 2 atom stereocenters. The first kappa shape index (κ1) is 12.0. The highest BCUT2D eigenvalue weighted by atomic mass is 16.2. The molecule has 92 valence electrons. The lowest BCUT2D eigenvalue weighted by Gasteiger charge is -2.32. The minimum Gasteiger partial charge on any atom is -0.314 e. The Labute approximate surface area is 102 Å². The van der Waals surface area contributed by atoms with Crippen molar-refractivity contribution in [2.45, 2.75) is 25.8 Å². The summed E-state index contributed by atoms with van der Waals surface area (Å²) in [5.41, 5.74) is 0.893. The molecule has 0 aromatic carbocycles. The van der Waals surface area contributed by atoms with Gasteiger partial charge in [0.2, 0.25) is 5.91 Å². The number of aromatic nitrogens is 1. The number of anilines is 1. The van der Waals surface area contributed by atoms with Gasteiger partial charge in [-0.2, -0.15) is 0 Å². The van der Waals surface area contributed by atoms with Crippen LogP contribution in [0.15, 0.2) is 24.5 Å². The van der Waals surface area contributed by atoms with Gasteiger partial charge in [-0.05, 0) is 37.4 Å². The summed E-state index contributed by atoms with van der Waals surface area (Å²) >= 11 is 0. The lowest BCUT2D eigenvalue weighted by molar-refractivity contribution is -0.121. The zero-order valence-corrected chi connectivity index (χ0v) is 10.4. The molecule has 1 saturated heterocycles. The van der Waals surface area contributed by atoms with E-state index in [9.17, 15) is 4.79 Å². The molecule has 1 aliphatic rings. The first-order valence-corrected chi connectivity index (χ1v) is 6.11. The van der Waals surface area contributed by atoms with Gasteiger partial charge < -0.3 is 10.2 Å². The first-order chi connectivity index (χ1) is 8.20. The lowest BCUT2D eigenvalue weighted by atomic mass is 9.92. The summed E-state index contributed by atoms with van der Waals surface area (Å²) in [7, 11) is 1.82. The van der Waals surface area contributed by atoms with Gasteiger partial charge in [0, 0.05) is 25.1 Å². The van der Waals surface area contributed by atoms with Gasteiger partial charge in [-0.15, -0.1) is 0 Å². The molecule has 1 aromatic rings. The standard InChI is InChI=1S/C13H19N3O/c1-10-4-3-7-15-12(10)13(17)16(2)11-5-8-14-9-6-11/h5-6,8-10,12,15H,3-4,7H2,1-2H3. The first-order valence-electron chi connectivity index (χ1n) is 6.11. The average Bonchev–Trinajstić information content (AvgIpc) is 2.39. The quantitative estimate of drug-likeness (QED) is 0.840. The van der Waals surface area contributed by atoms with Crippen LogP contribution in [-0.4, -0.2) is 30.5 Å². The number of pyridine rings is 1. The summed E-state index contributed by atoms with van der Waals surface area (Å²) in [4.78, 5) is 18.0. The molecular weight excluding hydrogens is 214 g/mol. The molecule has 1 amide bonds. The summed E-state index contributed by atoms with van der Waals surface area (Å²) in [6.45, 7) is 3.07. The van der Waals surface area contributed by atoms with Crippen molar-refractivity contribution in [3.63, 3.8) is 0 Å². The molecule has 4 nitrogen and oxygen atoms in total. The maximum atomic E-state index is 12.4. The van der Waals surface area contributed by atoms with Crippen molar-refractivity contribution in [2.75, 3.05) is 18.5 Å². The predicted octanol–water partition coefficient (Wildman–Crippen LogP) is 1.43. The van der Waals surface area contributed by atoms with Crippen molar-refractivity contribution in [3.8, 4) is 0 Å². The van der Waals surface area contributed by atoms with Gasteiger partial charge in [0.1, 0.15) is 0 Å².